The number of nitrogens with zero attached hydrogens (tertiary/aromatic N) is 3. The zero-order chi connectivity index (χ0) is 24.1. The third-order valence-corrected chi connectivity index (χ3v) is 6.47. The number of carbonyl (C=O) groups excluding carboxylic acids is 2. The Bertz CT molecular complexity index is 1360. The number of hydrogen-bond acceptors (Lipinski definition) is 7. The number of benzene rings is 2. The molecular formula is C25H25N3O5S. The summed E-state index contributed by atoms with van der Waals surface area (Å²) in [5, 5.41) is 0.445. The Morgan fingerprint density at radius 1 is 1.12 bits per heavy atom. The largest absolute Gasteiger partial charge is 0.462 e. The molecule has 0 saturated carbocycles. The lowest BCUT2D eigenvalue weighted by atomic mass is 10.2. The molecule has 4 rings (SSSR count). The number of carbonyl (C=O) groups is 2. The molecule has 34 heavy (non-hydrogen) atoms. The fraction of sp³-hybridized carbons (Fsp3) is 0.280. The molecule has 0 bridgehead atoms. The molecule has 0 aliphatic carbocycles. The summed E-state index contributed by atoms with van der Waals surface area (Å²) in [6.07, 6.45) is 0.648. The highest BCUT2D eigenvalue weighted by molar-refractivity contribution is 7.17. The van der Waals surface area contributed by atoms with E-state index >= 15 is 0 Å². The van der Waals surface area contributed by atoms with Crippen LogP contribution in [0.4, 0.5) is 5.13 Å². The van der Waals surface area contributed by atoms with Gasteiger partial charge in [-0.25, -0.2) is 14.6 Å². The van der Waals surface area contributed by atoms with Gasteiger partial charge in [-0.3, -0.25) is 14.3 Å². The number of fused-ring (bicyclic) bond motifs is 1. The Hall–Kier alpha value is -3.72. The first-order chi connectivity index (χ1) is 16.5. The van der Waals surface area contributed by atoms with Crippen molar-refractivity contribution in [2.24, 2.45) is 0 Å². The van der Waals surface area contributed by atoms with Gasteiger partial charge in [0.15, 0.2) is 10.7 Å². The predicted octanol–water partition coefficient (Wildman–Crippen LogP) is 4.55. The molecule has 1 amide bonds. The summed E-state index contributed by atoms with van der Waals surface area (Å²) in [4.78, 5) is 44.3. The lowest BCUT2D eigenvalue weighted by Crippen LogP contribution is -2.30. The van der Waals surface area contributed by atoms with E-state index < -0.39 is 11.7 Å². The molecule has 0 radical (unpaired) electrons. The van der Waals surface area contributed by atoms with E-state index in [2.05, 4.69) is 4.98 Å². The minimum atomic E-state index is -0.443. The second kappa shape index (κ2) is 10.5. The minimum Gasteiger partial charge on any atom is -0.462 e. The first kappa shape index (κ1) is 23.4. The van der Waals surface area contributed by atoms with Crippen molar-refractivity contribution in [3.63, 3.8) is 0 Å². The molecule has 0 fully saturated rings. The molecule has 2 heterocycles. The van der Waals surface area contributed by atoms with E-state index in [4.69, 9.17) is 9.15 Å². The fourth-order valence-electron chi connectivity index (χ4n) is 3.66. The van der Waals surface area contributed by atoms with Crippen molar-refractivity contribution in [3.8, 4) is 0 Å². The lowest BCUT2D eigenvalue weighted by Gasteiger charge is -2.20. The highest BCUT2D eigenvalue weighted by Crippen LogP contribution is 2.29. The van der Waals surface area contributed by atoms with Gasteiger partial charge >= 0.3 is 11.7 Å². The number of anilines is 1. The maximum absolute atomic E-state index is 13.3. The van der Waals surface area contributed by atoms with Crippen molar-refractivity contribution >= 4 is 39.4 Å². The second-order valence-corrected chi connectivity index (χ2v) is 8.67. The van der Waals surface area contributed by atoms with E-state index in [1.807, 2.05) is 42.5 Å². The number of aryl methyl sites for hydroxylation is 2. The zero-order valence-corrected chi connectivity index (χ0v) is 19.8. The van der Waals surface area contributed by atoms with E-state index in [1.54, 1.807) is 30.9 Å². The fourth-order valence-corrected chi connectivity index (χ4v) is 4.64. The van der Waals surface area contributed by atoms with Crippen molar-refractivity contribution < 1.29 is 18.7 Å². The van der Waals surface area contributed by atoms with Gasteiger partial charge in [0.2, 0.25) is 5.91 Å². The quantitative estimate of drug-likeness (QED) is 0.327. The van der Waals surface area contributed by atoms with Crippen LogP contribution in [-0.2, 0) is 22.6 Å². The van der Waals surface area contributed by atoms with Gasteiger partial charge in [0.1, 0.15) is 4.88 Å². The molecule has 0 N–H and O–H groups in total. The van der Waals surface area contributed by atoms with Gasteiger partial charge in [-0.1, -0.05) is 53.8 Å². The van der Waals surface area contributed by atoms with Crippen LogP contribution >= 0.6 is 11.3 Å². The van der Waals surface area contributed by atoms with Crippen molar-refractivity contribution in [2.75, 3.05) is 11.5 Å². The minimum absolute atomic E-state index is 0.145. The average Bonchev–Trinajstić information content (AvgIpc) is 3.37. The van der Waals surface area contributed by atoms with Crippen LogP contribution < -0.4 is 10.7 Å². The van der Waals surface area contributed by atoms with Gasteiger partial charge in [-0.05, 0) is 38.0 Å². The molecule has 4 aromatic rings. The summed E-state index contributed by atoms with van der Waals surface area (Å²) in [5.41, 5.74) is 2.70. The number of oxazole rings is 1. The standard InChI is InChI=1S/C25H25N3O5S/c1-3-32-23(30)22-17(2)26-24(34-22)28(16-18-10-5-4-6-11-18)21(29)14-9-15-27-19-12-7-8-13-20(19)33-25(27)31/h4-8,10-13H,3,9,14-16H2,1-2H3. The molecule has 176 valence electrons. The van der Waals surface area contributed by atoms with Gasteiger partial charge in [0.05, 0.1) is 24.4 Å². The molecule has 2 aromatic carbocycles. The number of esters is 1. The summed E-state index contributed by atoms with van der Waals surface area (Å²) in [6, 6.07) is 16.8. The maximum atomic E-state index is 13.3. The number of rotatable bonds is 9. The third-order valence-electron chi connectivity index (χ3n) is 5.31. The van der Waals surface area contributed by atoms with Gasteiger partial charge in [0, 0.05) is 13.0 Å². The van der Waals surface area contributed by atoms with Crippen molar-refractivity contribution in [3.05, 3.63) is 81.3 Å². The average molecular weight is 480 g/mol. The Morgan fingerprint density at radius 3 is 2.62 bits per heavy atom. The Balaban J connectivity index is 1.53. The van der Waals surface area contributed by atoms with Crippen LogP contribution in [0.15, 0.2) is 63.8 Å². The highest BCUT2D eigenvalue weighted by atomic mass is 32.1. The topological polar surface area (TPSA) is 94.6 Å². The number of hydrogen-bond donors (Lipinski definition) is 0. The van der Waals surface area contributed by atoms with E-state index in [-0.39, 0.29) is 18.9 Å². The first-order valence-electron chi connectivity index (χ1n) is 11.0. The molecule has 0 spiro atoms. The van der Waals surface area contributed by atoms with Crippen LogP contribution in [0.25, 0.3) is 11.1 Å². The Morgan fingerprint density at radius 2 is 1.85 bits per heavy atom. The number of ether oxygens (including phenoxy) is 1. The molecule has 0 aliphatic heterocycles. The number of para-hydroxylation sites is 2. The molecule has 2 aromatic heterocycles. The lowest BCUT2D eigenvalue weighted by molar-refractivity contribution is -0.118. The SMILES string of the molecule is CCOC(=O)c1sc(N(Cc2ccccc2)C(=O)CCCn2c(=O)oc3ccccc32)nc1C. The number of aromatic nitrogens is 2. The van der Waals surface area contributed by atoms with Crippen LogP contribution in [-0.4, -0.2) is 28.0 Å². The van der Waals surface area contributed by atoms with Gasteiger partial charge in [-0.15, -0.1) is 0 Å². The van der Waals surface area contributed by atoms with E-state index in [1.165, 1.54) is 4.57 Å². The van der Waals surface area contributed by atoms with Crippen LogP contribution in [0.2, 0.25) is 0 Å². The molecule has 0 atom stereocenters. The molecule has 9 heteroatoms. The summed E-state index contributed by atoms with van der Waals surface area (Å²) in [7, 11) is 0. The first-order valence-corrected chi connectivity index (χ1v) is 11.9. The second-order valence-electron chi connectivity index (χ2n) is 7.69. The third kappa shape index (κ3) is 5.09. The Labute approximate surface area is 200 Å². The number of amides is 1. The van der Waals surface area contributed by atoms with Crippen molar-refractivity contribution in [2.45, 2.75) is 39.8 Å². The molecule has 8 nitrogen and oxygen atoms in total. The summed E-state index contributed by atoms with van der Waals surface area (Å²) in [6.45, 7) is 4.41. The summed E-state index contributed by atoms with van der Waals surface area (Å²) >= 11 is 1.15. The van der Waals surface area contributed by atoms with Crippen LogP contribution in [0.3, 0.4) is 0 Å². The summed E-state index contributed by atoms with van der Waals surface area (Å²) < 4.78 is 11.9. The van der Waals surface area contributed by atoms with Crippen molar-refractivity contribution in [1.29, 1.82) is 0 Å². The van der Waals surface area contributed by atoms with E-state index in [0.29, 0.717) is 46.3 Å². The molecule has 0 aliphatic rings. The normalized spacial score (nSPS) is 11.0. The monoisotopic (exact) mass is 479 g/mol. The van der Waals surface area contributed by atoms with Crippen LogP contribution in [0.1, 0.15) is 40.7 Å². The van der Waals surface area contributed by atoms with E-state index in [9.17, 15) is 14.4 Å². The van der Waals surface area contributed by atoms with E-state index in [0.717, 1.165) is 16.9 Å². The number of thiazole rings is 1. The van der Waals surface area contributed by atoms with Gasteiger partial charge in [0.25, 0.3) is 0 Å². The Kier molecular flexibility index (Phi) is 7.22. The highest BCUT2D eigenvalue weighted by Gasteiger charge is 2.24. The zero-order valence-electron chi connectivity index (χ0n) is 19.0. The van der Waals surface area contributed by atoms with Crippen LogP contribution in [0, 0.1) is 6.92 Å². The van der Waals surface area contributed by atoms with Gasteiger partial charge in [-0.2, -0.15) is 0 Å². The molecule has 0 saturated heterocycles. The maximum Gasteiger partial charge on any atom is 0.419 e. The predicted molar refractivity (Wildman–Crippen MR) is 130 cm³/mol. The molecule has 0 unspecified atom stereocenters. The van der Waals surface area contributed by atoms with Crippen molar-refractivity contribution in [1.82, 2.24) is 9.55 Å². The molecular weight excluding hydrogens is 454 g/mol. The summed E-state index contributed by atoms with van der Waals surface area (Å²) in [5.74, 6) is -1.03. The van der Waals surface area contributed by atoms with Gasteiger partial charge < -0.3 is 9.15 Å². The smallest absolute Gasteiger partial charge is 0.419 e. The van der Waals surface area contributed by atoms with Crippen LogP contribution in [0.5, 0.6) is 0 Å².